The van der Waals surface area contributed by atoms with Gasteiger partial charge in [0.1, 0.15) is 24.1 Å². The number of anilines is 1. The molecule has 10 heteroatoms. The molecule has 0 spiro atoms. The lowest BCUT2D eigenvalue weighted by Crippen LogP contribution is -2.61. The number of carboxylic acid groups (broad SMARTS) is 1. The smallest absolute Gasteiger partial charge is 0.335 e. The number of aliphatic hydroxyl groups is 3. The van der Waals surface area contributed by atoms with Crippen LogP contribution >= 0.6 is 0 Å². The third-order valence-corrected chi connectivity index (χ3v) is 3.12. The molecule has 10 nitrogen and oxygen atoms in total. The SMILES string of the molecule is O=C(O)[C@@H]1O[C@H](Oc2ccc(N([O-])O)cc2)[C@H](O)[C@H](O)[C@@H]1O. The monoisotopic (exact) mass is 316 g/mol. The van der Waals surface area contributed by atoms with Crippen molar-refractivity contribution in [1.29, 1.82) is 0 Å². The minimum atomic E-state index is -1.81. The minimum Gasteiger partial charge on any atom is -0.733 e. The zero-order valence-corrected chi connectivity index (χ0v) is 11.0. The van der Waals surface area contributed by atoms with Crippen LogP contribution in [0, 0.1) is 5.21 Å². The summed E-state index contributed by atoms with van der Waals surface area (Å²) in [5.41, 5.74) is -0.0728. The highest BCUT2D eigenvalue weighted by Gasteiger charge is 2.48. The van der Waals surface area contributed by atoms with Crippen LogP contribution < -0.4 is 9.96 Å². The number of aliphatic carboxylic acids is 1. The first-order chi connectivity index (χ1) is 10.3. The fourth-order valence-corrected chi connectivity index (χ4v) is 1.94. The highest BCUT2D eigenvalue weighted by molar-refractivity contribution is 5.73. The van der Waals surface area contributed by atoms with E-state index < -0.39 is 36.7 Å². The van der Waals surface area contributed by atoms with Gasteiger partial charge in [-0.1, -0.05) is 0 Å². The number of nitrogens with zero attached hydrogens (tertiary/aromatic N) is 1. The second-order valence-corrected chi connectivity index (χ2v) is 4.62. The van der Waals surface area contributed by atoms with Crippen molar-refractivity contribution < 1.29 is 39.9 Å². The summed E-state index contributed by atoms with van der Waals surface area (Å²) in [6.07, 6.45) is -8.56. The molecule has 5 N–H and O–H groups in total. The van der Waals surface area contributed by atoms with E-state index in [4.69, 9.17) is 19.8 Å². The Morgan fingerprint density at radius 1 is 1.14 bits per heavy atom. The van der Waals surface area contributed by atoms with Crippen molar-refractivity contribution in [2.45, 2.75) is 30.7 Å². The van der Waals surface area contributed by atoms with Crippen molar-refractivity contribution in [3.05, 3.63) is 29.5 Å². The average Bonchev–Trinajstić information content (AvgIpc) is 2.48. The predicted octanol–water partition coefficient (Wildman–Crippen LogP) is -1.35. The standard InChI is InChI=1S/C12H14NO9/c14-7-8(15)10(11(17)18)22-12(9(7)16)21-6-3-1-5(2-4-6)13(19)20/h1-4,7-10,12,14-16,19H,(H,17,18)/q-1/t7-,8+,9-,10-,12+/m1/s1. The molecule has 0 aliphatic carbocycles. The van der Waals surface area contributed by atoms with E-state index in [1.807, 2.05) is 0 Å². The number of hydrogen-bond acceptors (Lipinski definition) is 9. The van der Waals surface area contributed by atoms with Gasteiger partial charge in [0.2, 0.25) is 6.29 Å². The lowest BCUT2D eigenvalue weighted by molar-refractivity contribution is -0.271. The average molecular weight is 316 g/mol. The van der Waals surface area contributed by atoms with Gasteiger partial charge in [-0.15, -0.1) is 0 Å². The van der Waals surface area contributed by atoms with Crippen molar-refractivity contribution in [2.75, 3.05) is 5.23 Å². The largest absolute Gasteiger partial charge is 0.733 e. The molecular weight excluding hydrogens is 302 g/mol. The normalized spacial score (nSPS) is 31.6. The van der Waals surface area contributed by atoms with Gasteiger partial charge in [-0.05, 0) is 24.3 Å². The second kappa shape index (κ2) is 6.44. The topological polar surface area (TPSA) is 163 Å². The van der Waals surface area contributed by atoms with Crippen molar-refractivity contribution in [3.8, 4) is 5.75 Å². The zero-order valence-electron chi connectivity index (χ0n) is 11.0. The van der Waals surface area contributed by atoms with Crippen LogP contribution in [-0.2, 0) is 9.53 Å². The number of ether oxygens (including phenoxy) is 2. The molecule has 1 aliphatic rings. The summed E-state index contributed by atoms with van der Waals surface area (Å²) in [5, 5.41) is 56.8. The fraction of sp³-hybridized carbons (Fsp3) is 0.417. The van der Waals surface area contributed by atoms with E-state index >= 15 is 0 Å². The Kier molecular flexibility index (Phi) is 4.81. The van der Waals surface area contributed by atoms with Crippen LogP contribution in [-0.4, -0.2) is 62.3 Å². The highest BCUT2D eigenvalue weighted by atomic mass is 16.8. The molecule has 1 aromatic rings. The molecule has 1 aromatic carbocycles. The van der Waals surface area contributed by atoms with Gasteiger partial charge in [-0.2, -0.15) is 0 Å². The van der Waals surface area contributed by atoms with Gasteiger partial charge in [0.15, 0.2) is 6.10 Å². The Bertz CT molecular complexity index is 520. The summed E-state index contributed by atoms with van der Waals surface area (Å²) in [7, 11) is 0. The van der Waals surface area contributed by atoms with Gasteiger partial charge in [-0.3, -0.25) is 5.21 Å². The number of carboxylic acids is 1. The van der Waals surface area contributed by atoms with Crippen LogP contribution in [0.1, 0.15) is 0 Å². The summed E-state index contributed by atoms with van der Waals surface area (Å²) in [6.45, 7) is 0. The van der Waals surface area contributed by atoms with Gasteiger partial charge >= 0.3 is 5.97 Å². The first-order valence-electron chi connectivity index (χ1n) is 6.16. The fourth-order valence-electron chi connectivity index (χ4n) is 1.94. The molecular formula is C12H14NO9-. The summed E-state index contributed by atoms with van der Waals surface area (Å²) < 4.78 is 10.1. The van der Waals surface area contributed by atoms with E-state index in [0.29, 0.717) is 0 Å². The van der Waals surface area contributed by atoms with Gasteiger partial charge in [0, 0.05) is 0 Å². The molecule has 2 rings (SSSR count). The second-order valence-electron chi connectivity index (χ2n) is 4.62. The number of carbonyl (C=O) groups is 1. The molecule has 122 valence electrons. The maximum atomic E-state index is 10.9. The molecule has 1 heterocycles. The first kappa shape index (κ1) is 16.4. The van der Waals surface area contributed by atoms with Gasteiger partial charge in [-0.25, -0.2) is 4.79 Å². The van der Waals surface area contributed by atoms with Gasteiger partial charge in [0.25, 0.3) is 0 Å². The molecule has 1 fully saturated rings. The lowest BCUT2D eigenvalue weighted by Gasteiger charge is -2.38. The Balaban J connectivity index is 2.11. The maximum absolute atomic E-state index is 10.9. The molecule has 5 atom stereocenters. The van der Waals surface area contributed by atoms with E-state index in [-0.39, 0.29) is 16.7 Å². The predicted molar refractivity (Wildman–Crippen MR) is 69.0 cm³/mol. The molecule has 0 radical (unpaired) electrons. The van der Waals surface area contributed by atoms with E-state index in [9.17, 15) is 25.3 Å². The van der Waals surface area contributed by atoms with E-state index in [1.165, 1.54) is 24.3 Å². The van der Waals surface area contributed by atoms with Crippen molar-refractivity contribution in [1.82, 2.24) is 0 Å². The van der Waals surface area contributed by atoms with Crippen molar-refractivity contribution in [2.24, 2.45) is 0 Å². The molecule has 0 amide bonds. The van der Waals surface area contributed by atoms with Crippen LogP contribution in [0.5, 0.6) is 5.75 Å². The molecule has 1 aliphatic heterocycles. The molecule has 1 saturated heterocycles. The van der Waals surface area contributed by atoms with Crippen LogP contribution in [0.4, 0.5) is 5.69 Å². The third-order valence-electron chi connectivity index (χ3n) is 3.12. The molecule has 0 saturated carbocycles. The third kappa shape index (κ3) is 3.27. The summed E-state index contributed by atoms with van der Waals surface area (Å²) in [6, 6.07) is 4.94. The van der Waals surface area contributed by atoms with Crippen LogP contribution in [0.15, 0.2) is 24.3 Å². The Morgan fingerprint density at radius 2 is 1.73 bits per heavy atom. The minimum absolute atomic E-state index is 0.0728. The highest BCUT2D eigenvalue weighted by Crippen LogP contribution is 2.25. The Hall–Kier alpha value is -1.95. The number of hydrogen-bond donors (Lipinski definition) is 5. The number of rotatable bonds is 4. The van der Waals surface area contributed by atoms with Gasteiger partial charge < -0.3 is 40.3 Å². The Morgan fingerprint density at radius 3 is 2.23 bits per heavy atom. The first-order valence-corrected chi connectivity index (χ1v) is 6.16. The van der Waals surface area contributed by atoms with E-state index in [1.54, 1.807) is 0 Å². The summed E-state index contributed by atoms with van der Waals surface area (Å²) in [4.78, 5) is 10.9. The maximum Gasteiger partial charge on any atom is 0.335 e. The number of benzene rings is 1. The molecule has 0 bridgehead atoms. The zero-order chi connectivity index (χ0) is 16.4. The summed E-state index contributed by atoms with van der Waals surface area (Å²) >= 11 is 0. The Labute approximate surface area is 123 Å². The molecule has 22 heavy (non-hydrogen) atoms. The van der Waals surface area contributed by atoms with Crippen molar-refractivity contribution in [3.63, 3.8) is 0 Å². The van der Waals surface area contributed by atoms with E-state index in [0.717, 1.165) is 0 Å². The summed E-state index contributed by atoms with van der Waals surface area (Å²) in [5.74, 6) is -1.44. The van der Waals surface area contributed by atoms with E-state index in [2.05, 4.69) is 0 Å². The van der Waals surface area contributed by atoms with Crippen molar-refractivity contribution >= 4 is 11.7 Å². The quantitative estimate of drug-likeness (QED) is 0.420. The molecule has 0 aromatic heterocycles. The van der Waals surface area contributed by atoms with Crippen LogP contribution in [0.3, 0.4) is 0 Å². The lowest BCUT2D eigenvalue weighted by atomic mass is 9.99. The van der Waals surface area contributed by atoms with Crippen LogP contribution in [0.2, 0.25) is 0 Å². The molecule has 0 unspecified atom stereocenters. The van der Waals surface area contributed by atoms with Gasteiger partial charge in [0.05, 0.1) is 5.69 Å². The number of aliphatic hydroxyl groups excluding tert-OH is 3. The van der Waals surface area contributed by atoms with Crippen LogP contribution in [0.25, 0.3) is 0 Å².